The Kier molecular flexibility index (Phi) is 4.75. The largest absolute Gasteiger partial charge is 0.464 e. The number of nitrogens with one attached hydrogen (secondary N) is 1. The van der Waals surface area contributed by atoms with E-state index in [1.807, 2.05) is 30.3 Å². The van der Waals surface area contributed by atoms with Crippen LogP contribution < -0.4 is 5.32 Å². The molecule has 0 spiro atoms. The average molecular weight is 259 g/mol. The molecule has 0 atom stereocenters. The molecular weight excluding hydrogens is 242 g/mol. The Hall–Kier alpha value is -2.07. The molecule has 4 nitrogen and oxygen atoms in total. The summed E-state index contributed by atoms with van der Waals surface area (Å²) in [5.74, 6) is 1.20. The van der Waals surface area contributed by atoms with Gasteiger partial charge in [-0.25, -0.2) is 0 Å². The van der Waals surface area contributed by atoms with E-state index in [1.54, 1.807) is 0 Å². The monoisotopic (exact) mass is 259 g/mol. The molecule has 1 aromatic heterocycles. The number of hydrogen-bond donors (Lipinski definition) is 2. The normalized spacial score (nSPS) is 10.4. The number of carbonyl (C=O) groups excluding carboxylic acids is 1. The molecule has 0 saturated carbocycles. The van der Waals surface area contributed by atoms with E-state index in [-0.39, 0.29) is 0 Å². The molecule has 0 saturated heterocycles. The summed E-state index contributed by atoms with van der Waals surface area (Å²) in [5.41, 5.74) is 1.27. The quantitative estimate of drug-likeness (QED) is 0.829. The fourth-order valence-electron chi connectivity index (χ4n) is 1.81. The van der Waals surface area contributed by atoms with E-state index >= 15 is 0 Å². The lowest BCUT2D eigenvalue weighted by Gasteiger charge is -2.00. The summed E-state index contributed by atoms with van der Waals surface area (Å²) in [7, 11) is 0. The van der Waals surface area contributed by atoms with Crippen molar-refractivity contribution in [3.05, 3.63) is 59.5 Å². The van der Waals surface area contributed by atoms with Gasteiger partial charge in [0.2, 0.25) is 5.91 Å². The second-order valence-electron chi connectivity index (χ2n) is 4.29. The van der Waals surface area contributed by atoms with Crippen molar-refractivity contribution < 1.29 is 14.3 Å². The van der Waals surface area contributed by atoms with Crippen molar-refractivity contribution in [2.45, 2.75) is 19.4 Å². The van der Waals surface area contributed by atoms with Gasteiger partial charge in [-0.15, -0.1) is 0 Å². The second kappa shape index (κ2) is 6.75. The molecule has 1 heterocycles. The number of amides is 1. The summed E-state index contributed by atoms with van der Waals surface area (Å²) < 4.78 is 5.60. The molecule has 1 amide bonds. The maximum Gasteiger partial charge on any atom is 0.246 e. The molecule has 100 valence electrons. The maximum absolute atomic E-state index is 10.9. The molecule has 4 heteroatoms. The summed E-state index contributed by atoms with van der Waals surface area (Å²) in [6.45, 7) is -0.188. The lowest BCUT2D eigenvalue weighted by Crippen LogP contribution is -2.25. The molecular formula is C15H17NO3. The third-order valence-electron chi connectivity index (χ3n) is 2.82. The Labute approximate surface area is 112 Å². The molecule has 0 bridgehead atoms. The van der Waals surface area contributed by atoms with Crippen molar-refractivity contribution in [3.63, 3.8) is 0 Å². The number of rotatable bonds is 6. The van der Waals surface area contributed by atoms with Crippen LogP contribution in [0, 0.1) is 0 Å². The highest BCUT2D eigenvalue weighted by Gasteiger charge is 2.04. The van der Waals surface area contributed by atoms with Crippen molar-refractivity contribution in [2.24, 2.45) is 0 Å². The second-order valence-corrected chi connectivity index (χ2v) is 4.29. The molecule has 0 unspecified atom stereocenters. The van der Waals surface area contributed by atoms with Gasteiger partial charge in [0.05, 0.1) is 6.54 Å². The van der Waals surface area contributed by atoms with Gasteiger partial charge in [-0.3, -0.25) is 4.79 Å². The Morgan fingerprint density at radius 3 is 2.53 bits per heavy atom. The predicted molar refractivity (Wildman–Crippen MR) is 71.5 cm³/mol. The number of benzene rings is 1. The van der Waals surface area contributed by atoms with Gasteiger partial charge in [0.15, 0.2) is 0 Å². The third-order valence-corrected chi connectivity index (χ3v) is 2.82. The molecule has 2 rings (SSSR count). The van der Waals surface area contributed by atoms with E-state index in [0.717, 1.165) is 18.6 Å². The zero-order valence-corrected chi connectivity index (χ0v) is 10.6. The number of aliphatic hydroxyl groups excluding tert-OH is 1. The smallest absolute Gasteiger partial charge is 0.246 e. The SMILES string of the molecule is O=C(CO)NCc1ccc(CCc2ccccc2)o1. The predicted octanol–water partition coefficient (Wildman–Crippen LogP) is 1.67. The molecule has 0 aliphatic carbocycles. The highest BCUT2D eigenvalue weighted by Crippen LogP contribution is 2.11. The van der Waals surface area contributed by atoms with Crippen LogP contribution in [0.3, 0.4) is 0 Å². The first-order valence-corrected chi connectivity index (χ1v) is 6.27. The average Bonchev–Trinajstić information content (AvgIpc) is 2.91. The summed E-state index contributed by atoms with van der Waals surface area (Å²) in [4.78, 5) is 10.9. The molecule has 0 fully saturated rings. The standard InChI is InChI=1S/C15H17NO3/c17-11-15(18)16-10-14-9-8-13(19-14)7-6-12-4-2-1-3-5-12/h1-5,8-9,17H,6-7,10-11H2,(H,16,18). The maximum atomic E-state index is 10.9. The molecule has 0 radical (unpaired) electrons. The number of aliphatic hydroxyl groups is 1. The minimum atomic E-state index is -0.498. The van der Waals surface area contributed by atoms with Gasteiger partial charge in [-0.05, 0) is 24.1 Å². The van der Waals surface area contributed by atoms with Crippen LogP contribution in [-0.4, -0.2) is 17.6 Å². The Morgan fingerprint density at radius 1 is 1.05 bits per heavy atom. The minimum Gasteiger partial charge on any atom is -0.464 e. The highest BCUT2D eigenvalue weighted by atomic mass is 16.3. The van der Waals surface area contributed by atoms with Crippen LogP contribution in [-0.2, 0) is 24.2 Å². The fraction of sp³-hybridized carbons (Fsp3) is 0.267. The Bertz CT molecular complexity index is 519. The number of carbonyl (C=O) groups is 1. The topological polar surface area (TPSA) is 62.5 Å². The molecule has 19 heavy (non-hydrogen) atoms. The highest BCUT2D eigenvalue weighted by molar-refractivity contribution is 5.76. The van der Waals surface area contributed by atoms with Crippen LogP contribution >= 0.6 is 0 Å². The van der Waals surface area contributed by atoms with Crippen LogP contribution in [0.5, 0.6) is 0 Å². The van der Waals surface area contributed by atoms with E-state index in [4.69, 9.17) is 9.52 Å². The van der Waals surface area contributed by atoms with Crippen LogP contribution in [0.25, 0.3) is 0 Å². The lowest BCUT2D eigenvalue weighted by molar-refractivity contribution is -0.124. The number of hydrogen-bond acceptors (Lipinski definition) is 3. The van der Waals surface area contributed by atoms with Gasteiger partial charge in [-0.1, -0.05) is 30.3 Å². The zero-order chi connectivity index (χ0) is 13.5. The van der Waals surface area contributed by atoms with Crippen molar-refractivity contribution in [1.29, 1.82) is 0 Å². The van der Waals surface area contributed by atoms with Gasteiger partial charge >= 0.3 is 0 Å². The third kappa shape index (κ3) is 4.26. The van der Waals surface area contributed by atoms with E-state index < -0.39 is 12.5 Å². The van der Waals surface area contributed by atoms with Gasteiger partial charge in [0.1, 0.15) is 18.1 Å². The summed E-state index contributed by atoms with van der Waals surface area (Å²) in [6.07, 6.45) is 1.76. The summed E-state index contributed by atoms with van der Waals surface area (Å²) in [5, 5.41) is 11.1. The Morgan fingerprint density at radius 2 is 1.79 bits per heavy atom. The molecule has 2 aromatic rings. The molecule has 1 aromatic carbocycles. The van der Waals surface area contributed by atoms with Crippen molar-refractivity contribution in [2.75, 3.05) is 6.61 Å². The molecule has 0 aliphatic heterocycles. The van der Waals surface area contributed by atoms with Crippen LogP contribution in [0.2, 0.25) is 0 Å². The van der Waals surface area contributed by atoms with E-state index in [2.05, 4.69) is 17.4 Å². The fourth-order valence-corrected chi connectivity index (χ4v) is 1.81. The summed E-state index contributed by atoms with van der Waals surface area (Å²) in [6, 6.07) is 14.0. The van der Waals surface area contributed by atoms with E-state index in [9.17, 15) is 4.79 Å². The zero-order valence-electron chi connectivity index (χ0n) is 10.6. The van der Waals surface area contributed by atoms with Gasteiger partial charge in [-0.2, -0.15) is 0 Å². The van der Waals surface area contributed by atoms with Gasteiger partial charge in [0, 0.05) is 6.42 Å². The number of furan rings is 1. The molecule has 0 aliphatic rings. The van der Waals surface area contributed by atoms with Crippen molar-refractivity contribution in [3.8, 4) is 0 Å². The lowest BCUT2D eigenvalue weighted by atomic mass is 10.1. The first-order valence-electron chi connectivity index (χ1n) is 6.27. The van der Waals surface area contributed by atoms with Crippen LogP contribution in [0.4, 0.5) is 0 Å². The van der Waals surface area contributed by atoms with Gasteiger partial charge in [0.25, 0.3) is 0 Å². The first-order chi connectivity index (χ1) is 9.28. The summed E-state index contributed by atoms with van der Waals surface area (Å²) >= 11 is 0. The van der Waals surface area contributed by atoms with Crippen LogP contribution in [0.15, 0.2) is 46.9 Å². The minimum absolute atomic E-state index is 0.310. The number of aryl methyl sites for hydroxylation is 2. The van der Waals surface area contributed by atoms with Crippen molar-refractivity contribution >= 4 is 5.91 Å². The first kappa shape index (κ1) is 13.4. The van der Waals surface area contributed by atoms with Crippen LogP contribution in [0.1, 0.15) is 17.1 Å². The van der Waals surface area contributed by atoms with E-state index in [1.165, 1.54) is 5.56 Å². The van der Waals surface area contributed by atoms with Gasteiger partial charge < -0.3 is 14.8 Å². The Balaban J connectivity index is 1.82. The van der Waals surface area contributed by atoms with Crippen molar-refractivity contribution in [1.82, 2.24) is 5.32 Å². The molecule has 2 N–H and O–H groups in total. The van der Waals surface area contributed by atoms with E-state index in [0.29, 0.717) is 12.3 Å².